The van der Waals surface area contributed by atoms with Gasteiger partial charge in [-0.3, -0.25) is 4.90 Å². The van der Waals surface area contributed by atoms with E-state index in [1.807, 2.05) is 0 Å². The predicted molar refractivity (Wildman–Crippen MR) is 61.9 cm³/mol. The first-order chi connectivity index (χ1) is 7.18. The Kier molecular flexibility index (Phi) is 3.65. The average molecular weight is 212 g/mol. The lowest BCUT2D eigenvalue weighted by Gasteiger charge is -2.39. The second-order valence-corrected chi connectivity index (χ2v) is 5.35. The lowest BCUT2D eigenvalue weighted by Crippen LogP contribution is -2.50. The predicted octanol–water partition coefficient (Wildman–Crippen LogP) is 0.783. The van der Waals surface area contributed by atoms with Gasteiger partial charge in [0.05, 0.1) is 6.10 Å². The Bertz CT molecular complexity index is 206. The van der Waals surface area contributed by atoms with Crippen LogP contribution in [0.1, 0.15) is 25.7 Å². The SMILES string of the molecule is CN1CCCN(C)C(C(O)C2CCC2)C1. The quantitative estimate of drug-likeness (QED) is 0.733. The van der Waals surface area contributed by atoms with Crippen LogP contribution in [0.4, 0.5) is 0 Å². The molecule has 2 unspecified atom stereocenters. The molecule has 0 spiro atoms. The fourth-order valence-electron chi connectivity index (χ4n) is 2.77. The van der Waals surface area contributed by atoms with E-state index in [2.05, 4.69) is 23.9 Å². The number of likely N-dealkylation sites (N-methyl/N-ethyl adjacent to an activating group) is 2. The van der Waals surface area contributed by atoms with Gasteiger partial charge in [0.2, 0.25) is 0 Å². The van der Waals surface area contributed by atoms with E-state index in [0.717, 1.165) is 19.6 Å². The summed E-state index contributed by atoms with van der Waals surface area (Å²) in [6.45, 7) is 3.31. The normalized spacial score (nSPS) is 33.4. The van der Waals surface area contributed by atoms with Gasteiger partial charge >= 0.3 is 0 Å². The van der Waals surface area contributed by atoms with Crippen LogP contribution in [0.5, 0.6) is 0 Å². The molecule has 1 N–H and O–H groups in total. The van der Waals surface area contributed by atoms with Crippen LogP contribution in [-0.2, 0) is 0 Å². The molecule has 3 heteroatoms. The maximum atomic E-state index is 10.3. The van der Waals surface area contributed by atoms with Crippen molar-refractivity contribution in [1.82, 2.24) is 9.80 Å². The Morgan fingerprint density at radius 1 is 1.13 bits per heavy atom. The molecule has 0 aromatic heterocycles. The third kappa shape index (κ3) is 2.52. The van der Waals surface area contributed by atoms with Crippen LogP contribution in [0.3, 0.4) is 0 Å². The van der Waals surface area contributed by atoms with E-state index >= 15 is 0 Å². The van der Waals surface area contributed by atoms with Crippen molar-refractivity contribution in [2.24, 2.45) is 5.92 Å². The fraction of sp³-hybridized carbons (Fsp3) is 1.00. The summed E-state index contributed by atoms with van der Waals surface area (Å²) in [7, 11) is 4.32. The Hall–Kier alpha value is -0.120. The Labute approximate surface area is 93.1 Å². The summed E-state index contributed by atoms with van der Waals surface area (Å²) in [6, 6.07) is 0.350. The van der Waals surface area contributed by atoms with E-state index in [1.165, 1.54) is 25.7 Å². The van der Waals surface area contributed by atoms with E-state index in [1.54, 1.807) is 0 Å². The molecule has 88 valence electrons. The first-order valence-electron chi connectivity index (χ1n) is 6.25. The van der Waals surface area contributed by atoms with Crippen molar-refractivity contribution in [3.05, 3.63) is 0 Å². The van der Waals surface area contributed by atoms with Gasteiger partial charge in [-0.15, -0.1) is 0 Å². The van der Waals surface area contributed by atoms with Crippen molar-refractivity contribution >= 4 is 0 Å². The summed E-state index contributed by atoms with van der Waals surface area (Å²) in [5, 5.41) is 10.3. The minimum absolute atomic E-state index is 0.107. The summed E-state index contributed by atoms with van der Waals surface area (Å²) in [6.07, 6.45) is 4.89. The molecule has 15 heavy (non-hydrogen) atoms. The van der Waals surface area contributed by atoms with Gasteiger partial charge < -0.3 is 10.0 Å². The minimum Gasteiger partial charge on any atom is -0.391 e. The van der Waals surface area contributed by atoms with Gasteiger partial charge in [-0.25, -0.2) is 0 Å². The summed E-state index contributed by atoms with van der Waals surface area (Å²) >= 11 is 0. The van der Waals surface area contributed by atoms with Crippen LogP contribution < -0.4 is 0 Å². The van der Waals surface area contributed by atoms with Gasteiger partial charge in [-0.1, -0.05) is 6.42 Å². The first kappa shape index (κ1) is 11.4. The smallest absolute Gasteiger partial charge is 0.0735 e. The first-order valence-corrected chi connectivity index (χ1v) is 6.25. The van der Waals surface area contributed by atoms with Gasteiger partial charge in [0.1, 0.15) is 0 Å². The van der Waals surface area contributed by atoms with Gasteiger partial charge in [-0.2, -0.15) is 0 Å². The molecule has 2 fully saturated rings. The highest BCUT2D eigenvalue weighted by atomic mass is 16.3. The number of rotatable bonds is 2. The zero-order chi connectivity index (χ0) is 10.8. The Balaban J connectivity index is 1.96. The van der Waals surface area contributed by atoms with E-state index in [-0.39, 0.29) is 6.10 Å². The third-order valence-electron chi connectivity index (χ3n) is 4.14. The van der Waals surface area contributed by atoms with E-state index in [9.17, 15) is 5.11 Å². The molecule has 0 aromatic rings. The van der Waals surface area contributed by atoms with Crippen molar-refractivity contribution in [3.63, 3.8) is 0 Å². The molecule has 0 radical (unpaired) electrons. The topological polar surface area (TPSA) is 26.7 Å². The van der Waals surface area contributed by atoms with Gasteiger partial charge in [0.25, 0.3) is 0 Å². The molecule has 1 aliphatic heterocycles. The summed E-state index contributed by atoms with van der Waals surface area (Å²) in [4.78, 5) is 4.71. The number of aliphatic hydroxyl groups is 1. The second kappa shape index (κ2) is 4.81. The van der Waals surface area contributed by atoms with E-state index < -0.39 is 0 Å². The molecule has 1 saturated carbocycles. The number of nitrogens with zero attached hydrogens (tertiary/aromatic N) is 2. The van der Waals surface area contributed by atoms with Crippen molar-refractivity contribution in [2.45, 2.75) is 37.8 Å². The lowest BCUT2D eigenvalue weighted by atomic mass is 9.78. The number of hydrogen-bond donors (Lipinski definition) is 1. The molecule has 1 heterocycles. The molecule has 2 aliphatic rings. The molecule has 2 atom stereocenters. The molecule has 0 amide bonds. The molecule has 2 rings (SSSR count). The molecular formula is C12H24N2O. The van der Waals surface area contributed by atoms with Crippen LogP contribution in [0.25, 0.3) is 0 Å². The van der Waals surface area contributed by atoms with Crippen LogP contribution in [-0.4, -0.2) is 60.8 Å². The van der Waals surface area contributed by atoms with Crippen LogP contribution >= 0.6 is 0 Å². The summed E-state index contributed by atoms with van der Waals surface area (Å²) in [5.74, 6) is 0.573. The van der Waals surface area contributed by atoms with Crippen LogP contribution in [0.2, 0.25) is 0 Å². The molecule has 1 aliphatic carbocycles. The second-order valence-electron chi connectivity index (χ2n) is 5.35. The highest BCUT2D eigenvalue weighted by Crippen LogP contribution is 2.32. The summed E-state index contributed by atoms with van der Waals surface area (Å²) in [5.41, 5.74) is 0. The average Bonchev–Trinajstić information content (AvgIpc) is 2.25. The van der Waals surface area contributed by atoms with Crippen molar-refractivity contribution in [1.29, 1.82) is 0 Å². The number of hydrogen-bond acceptors (Lipinski definition) is 3. The molecule has 0 aromatic carbocycles. The molecular weight excluding hydrogens is 188 g/mol. The van der Waals surface area contributed by atoms with Crippen molar-refractivity contribution < 1.29 is 5.11 Å². The minimum atomic E-state index is -0.107. The van der Waals surface area contributed by atoms with E-state index in [0.29, 0.717) is 12.0 Å². The standard InChI is InChI=1S/C12H24N2O/c1-13-7-4-8-14(2)11(9-13)12(15)10-5-3-6-10/h10-12,15H,3-9H2,1-2H3. The maximum absolute atomic E-state index is 10.3. The van der Waals surface area contributed by atoms with Gasteiger partial charge in [0.15, 0.2) is 0 Å². The Morgan fingerprint density at radius 2 is 1.87 bits per heavy atom. The largest absolute Gasteiger partial charge is 0.391 e. The molecule has 1 saturated heterocycles. The zero-order valence-electron chi connectivity index (χ0n) is 10.0. The van der Waals surface area contributed by atoms with Gasteiger partial charge in [0, 0.05) is 12.6 Å². The highest BCUT2D eigenvalue weighted by molar-refractivity contribution is 4.89. The Morgan fingerprint density at radius 3 is 2.47 bits per heavy atom. The maximum Gasteiger partial charge on any atom is 0.0735 e. The zero-order valence-corrected chi connectivity index (χ0v) is 10.0. The lowest BCUT2D eigenvalue weighted by molar-refractivity contribution is -0.0104. The highest BCUT2D eigenvalue weighted by Gasteiger charge is 2.35. The molecule has 0 bridgehead atoms. The van der Waals surface area contributed by atoms with Crippen molar-refractivity contribution in [2.75, 3.05) is 33.7 Å². The number of aliphatic hydroxyl groups excluding tert-OH is 1. The fourth-order valence-corrected chi connectivity index (χ4v) is 2.77. The van der Waals surface area contributed by atoms with Crippen LogP contribution in [0.15, 0.2) is 0 Å². The third-order valence-corrected chi connectivity index (χ3v) is 4.14. The summed E-state index contributed by atoms with van der Waals surface area (Å²) < 4.78 is 0. The van der Waals surface area contributed by atoms with E-state index in [4.69, 9.17) is 0 Å². The van der Waals surface area contributed by atoms with Gasteiger partial charge in [-0.05, 0) is 52.4 Å². The monoisotopic (exact) mass is 212 g/mol. The van der Waals surface area contributed by atoms with Crippen LogP contribution in [0, 0.1) is 5.92 Å². The van der Waals surface area contributed by atoms with Crippen molar-refractivity contribution in [3.8, 4) is 0 Å². The molecule has 3 nitrogen and oxygen atoms in total.